The molecule has 1 amide bonds. The fourth-order valence-corrected chi connectivity index (χ4v) is 2.15. The molecule has 1 aromatic rings. The standard InChI is InChI=1S/C11H17N5O/c1-7-2-3-8(11(13)17)6-16(7)10-5-4-9(12)14-15-10/h4-5,7-8H,2-3,6H2,1H3,(H2,12,14)(H2,13,17). The van der Waals surface area contributed by atoms with Crippen molar-refractivity contribution in [2.75, 3.05) is 17.2 Å². The first-order chi connectivity index (χ1) is 8.08. The highest BCUT2D eigenvalue weighted by Gasteiger charge is 2.29. The highest BCUT2D eigenvalue weighted by molar-refractivity contribution is 5.77. The van der Waals surface area contributed by atoms with Crippen LogP contribution in [-0.4, -0.2) is 28.7 Å². The number of piperidine rings is 1. The molecule has 2 heterocycles. The van der Waals surface area contributed by atoms with Crippen molar-refractivity contribution in [3.05, 3.63) is 12.1 Å². The maximum Gasteiger partial charge on any atom is 0.222 e. The van der Waals surface area contributed by atoms with Crippen molar-refractivity contribution in [1.82, 2.24) is 10.2 Å². The van der Waals surface area contributed by atoms with Gasteiger partial charge in [0.2, 0.25) is 5.91 Å². The van der Waals surface area contributed by atoms with Gasteiger partial charge >= 0.3 is 0 Å². The Morgan fingerprint density at radius 1 is 1.41 bits per heavy atom. The molecule has 4 N–H and O–H groups in total. The van der Waals surface area contributed by atoms with E-state index in [1.807, 2.05) is 6.07 Å². The van der Waals surface area contributed by atoms with Crippen LogP contribution in [0.3, 0.4) is 0 Å². The number of anilines is 2. The molecule has 0 aliphatic carbocycles. The van der Waals surface area contributed by atoms with E-state index in [1.54, 1.807) is 6.07 Å². The molecule has 1 aliphatic heterocycles. The zero-order valence-corrected chi connectivity index (χ0v) is 9.84. The van der Waals surface area contributed by atoms with Gasteiger partial charge in [-0.25, -0.2) is 0 Å². The SMILES string of the molecule is CC1CCC(C(N)=O)CN1c1ccc(N)nn1. The van der Waals surface area contributed by atoms with Crippen LogP contribution < -0.4 is 16.4 Å². The Morgan fingerprint density at radius 2 is 2.18 bits per heavy atom. The van der Waals surface area contributed by atoms with Crippen molar-refractivity contribution in [3.8, 4) is 0 Å². The second kappa shape index (κ2) is 4.57. The lowest BCUT2D eigenvalue weighted by molar-refractivity contribution is -0.122. The summed E-state index contributed by atoms with van der Waals surface area (Å²) in [5.74, 6) is 0.790. The van der Waals surface area contributed by atoms with Gasteiger partial charge < -0.3 is 16.4 Å². The summed E-state index contributed by atoms with van der Waals surface area (Å²) in [6.45, 7) is 2.71. The number of nitrogen functional groups attached to an aromatic ring is 1. The third kappa shape index (κ3) is 2.46. The van der Waals surface area contributed by atoms with E-state index < -0.39 is 0 Å². The summed E-state index contributed by atoms with van der Waals surface area (Å²) in [6, 6.07) is 3.87. The Morgan fingerprint density at radius 3 is 2.76 bits per heavy atom. The first kappa shape index (κ1) is 11.6. The minimum absolute atomic E-state index is 0.106. The molecule has 1 aliphatic rings. The summed E-state index contributed by atoms with van der Waals surface area (Å²) >= 11 is 0. The maximum atomic E-state index is 11.2. The summed E-state index contributed by atoms with van der Waals surface area (Å²) in [5.41, 5.74) is 10.9. The van der Waals surface area contributed by atoms with Crippen molar-refractivity contribution in [2.24, 2.45) is 11.7 Å². The Bertz CT molecular complexity index is 405. The summed E-state index contributed by atoms with van der Waals surface area (Å²) in [5, 5.41) is 7.87. The molecular weight excluding hydrogens is 218 g/mol. The van der Waals surface area contributed by atoms with Gasteiger partial charge in [-0.2, -0.15) is 0 Å². The highest BCUT2D eigenvalue weighted by Crippen LogP contribution is 2.25. The Hall–Kier alpha value is -1.85. The quantitative estimate of drug-likeness (QED) is 0.760. The summed E-state index contributed by atoms with van der Waals surface area (Å²) in [7, 11) is 0. The molecule has 2 rings (SSSR count). The molecule has 0 bridgehead atoms. The minimum atomic E-state index is -0.245. The molecule has 6 nitrogen and oxygen atoms in total. The number of rotatable bonds is 2. The fraction of sp³-hybridized carbons (Fsp3) is 0.545. The van der Waals surface area contributed by atoms with Crippen LogP contribution in [0.2, 0.25) is 0 Å². The van der Waals surface area contributed by atoms with E-state index in [2.05, 4.69) is 22.0 Å². The molecule has 2 unspecified atom stereocenters. The van der Waals surface area contributed by atoms with Gasteiger partial charge in [0.05, 0.1) is 5.92 Å². The van der Waals surface area contributed by atoms with Crippen molar-refractivity contribution in [3.63, 3.8) is 0 Å². The van der Waals surface area contributed by atoms with Gasteiger partial charge in [-0.1, -0.05) is 0 Å². The number of amides is 1. The van der Waals surface area contributed by atoms with Crippen LogP contribution in [0.4, 0.5) is 11.6 Å². The first-order valence-electron chi connectivity index (χ1n) is 5.73. The van der Waals surface area contributed by atoms with Crippen LogP contribution in [0.25, 0.3) is 0 Å². The van der Waals surface area contributed by atoms with E-state index in [0.29, 0.717) is 18.4 Å². The monoisotopic (exact) mass is 235 g/mol. The van der Waals surface area contributed by atoms with Crippen molar-refractivity contribution in [1.29, 1.82) is 0 Å². The van der Waals surface area contributed by atoms with Crippen LogP contribution in [-0.2, 0) is 4.79 Å². The van der Waals surface area contributed by atoms with Gasteiger partial charge in [0.15, 0.2) is 5.82 Å². The van der Waals surface area contributed by atoms with Crippen molar-refractivity contribution in [2.45, 2.75) is 25.8 Å². The summed E-state index contributed by atoms with van der Waals surface area (Å²) < 4.78 is 0. The second-order valence-electron chi connectivity index (χ2n) is 4.49. The van der Waals surface area contributed by atoms with Crippen LogP contribution in [0.5, 0.6) is 0 Å². The van der Waals surface area contributed by atoms with Gasteiger partial charge in [0.25, 0.3) is 0 Å². The van der Waals surface area contributed by atoms with Crippen LogP contribution >= 0.6 is 0 Å². The molecule has 1 fully saturated rings. The molecule has 17 heavy (non-hydrogen) atoms. The molecular formula is C11H17N5O. The molecule has 0 spiro atoms. The normalized spacial score (nSPS) is 24.6. The zero-order valence-electron chi connectivity index (χ0n) is 9.84. The van der Waals surface area contributed by atoms with E-state index in [9.17, 15) is 4.79 Å². The molecule has 1 aromatic heterocycles. The number of aromatic nitrogens is 2. The maximum absolute atomic E-state index is 11.2. The average Bonchev–Trinajstić information content (AvgIpc) is 2.31. The van der Waals surface area contributed by atoms with Gasteiger partial charge in [-0.15, -0.1) is 10.2 Å². The number of primary amides is 1. The molecule has 0 saturated carbocycles. The lowest BCUT2D eigenvalue weighted by Gasteiger charge is -2.37. The van der Waals surface area contributed by atoms with Crippen LogP contribution in [0, 0.1) is 5.92 Å². The smallest absolute Gasteiger partial charge is 0.222 e. The third-order valence-electron chi connectivity index (χ3n) is 3.25. The Labute approximate surface area is 100.0 Å². The van der Waals surface area contributed by atoms with Gasteiger partial charge in [0.1, 0.15) is 5.82 Å². The lowest BCUT2D eigenvalue weighted by atomic mass is 9.93. The van der Waals surface area contributed by atoms with E-state index in [-0.39, 0.29) is 11.8 Å². The van der Waals surface area contributed by atoms with Gasteiger partial charge in [0, 0.05) is 12.6 Å². The second-order valence-corrected chi connectivity index (χ2v) is 4.49. The fourth-order valence-electron chi connectivity index (χ4n) is 2.15. The Balaban J connectivity index is 2.17. The average molecular weight is 235 g/mol. The lowest BCUT2D eigenvalue weighted by Crippen LogP contribution is -2.46. The number of carbonyl (C=O) groups excluding carboxylic acids is 1. The summed E-state index contributed by atoms with van der Waals surface area (Å²) in [4.78, 5) is 13.3. The van der Waals surface area contributed by atoms with E-state index in [4.69, 9.17) is 11.5 Å². The van der Waals surface area contributed by atoms with Crippen LogP contribution in [0.1, 0.15) is 19.8 Å². The van der Waals surface area contributed by atoms with Crippen LogP contribution in [0.15, 0.2) is 12.1 Å². The first-order valence-corrected chi connectivity index (χ1v) is 5.73. The number of hydrogen-bond donors (Lipinski definition) is 2. The number of carbonyl (C=O) groups is 1. The number of hydrogen-bond acceptors (Lipinski definition) is 5. The largest absolute Gasteiger partial charge is 0.382 e. The molecule has 0 radical (unpaired) electrons. The topological polar surface area (TPSA) is 98.1 Å². The molecule has 1 saturated heterocycles. The molecule has 2 atom stereocenters. The third-order valence-corrected chi connectivity index (χ3v) is 3.25. The number of nitrogens with zero attached hydrogens (tertiary/aromatic N) is 3. The van der Waals surface area contributed by atoms with E-state index in [1.165, 1.54) is 0 Å². The zero-order chi connectivity index (χ0) is 12.4. The molecule has 92 valence electrons. The number of nitrogens with two attached hydrogens (primary N) is 2. The predicted octanol–water partition coefficient (Wildman–Crippen LogP) is 0.149. The van der Waals surface area contributed by atoms with Gasteiger partial charge in [-0.3, -0.25) is 4.79 Å². The Kier molecular flexibility index (Phi) is 3.12. The summed E-state index contributed by atoms with van der Waals surface area (Å²) in [6.07, 6.45) is 1.77. The van der Waals surface area contributed by atoms with E-state index >= 15 is 0 Å². The highest BCUT2D eigenvalue weighted by atomic mass is 16.1. The van der Waals surface area contributed by atoms with Crippen molar-refractivity contribution >= 4 is 17.5 Å². The van der Waals surface area contributed by atoms with Gasteiger partial charge in [-0.05, 0) is 31.9 Å². The van der Waals surface area contributed by atoms with Crippen molar-refractivity contribution < 1.29 is 4.79 Å². The van der Waals surface area contributed by atoms with E-state index in [0.717, 1.165) is 18.7 Å². The molecule has 0 aromatic carbocycles. The molecule has 6 heteroatoms. The predicted molar refractivity (Wildman–Crippen MR) is 65.2 cm³/mol. The minimum Gasteiger partial charge on any atom is -0.382 e.